The van der Waals surface area contributed by atoms with E-state index in [1.807, 2.05) is 6.07 Å². The van der Waals surface area contributed by atoms with Gasteiger partial charge < -0.3 is 14.8 Å². The van der Waals surface area contributed by atoms with Crippen molar-refractivity contribution >= 4 is 29.9 Å². The van der Waals surface area contributed by atoms with E-state index < -0.39 is 19.7 Å². The number of alkyl halides is 3. The second kappa shape index (κ2) is 9.20. The normalized spacial score (nSPS) is 15.2. The highest BCUT2D eigenvalue weighted by molar-refractivity contribution is 7.66. The first-order valence-electron chi connectivity index (χ1n) is 10.4. The molecule has 0 atom stereocenters. The molecular weight excluding hydrogens is 438 g/mol. The SMILES string of the molecule is COc1cc2nc(C)nc(NCc3cccc(C(F)(F)F)c3C)c2cc1P1CCOCC1. The van der Waals surface area contributed by atoms with E-state index in [1.54, 1.807) is 20.1 Å². The van der Waals surface area contributed by atoms with Crippen LogP contribution in [0.5, 0.6) is 5.75 Å². The molecular formula is C23H25F3N3O2P. The van der Waals surface area contributed by atoms with Gasteiger partial charge in [-0.05, 0) is 49.4 Å². The van der Waals surface area contributed by atoms with Crippen LogP contribution in [-0.4, -0.2) is 42.6 Å². The Hall–Kier alpha value is -2.44. The lowest BCUT2D eigenvalue weighted by molar-refractivity contribution is -0.138. The molecule has 32 heavy (non-hydrogen) atoms. The lowest BCUT2D eigenvalue weighted by Crippen LogP contribution is -2.20. The summed E-state index contributed by atoms with van der Waals surface area (Å²) in [5.41, 5.74) is 0.918. The monoisotopic (exact) mass is 463 g/mol. The van der Waals surface area contributed by atoms with E-state index in [2.05, 4.69) is 21.4 Å². The molecule has 4 rings (SSSR count). The summed E-state index contributed by atoms with van der Waals surface area (Å²) in [5.74, 6) is 1.99. The zero-order valence-corrected chi connectivity index (χ0v) is 19.1. The number of hydrogen-bond acceptors (Lipinski definition) is 5. The Bertz CT molecular complexity index is 1130. The van der Waals surface area contributed by atoms with Crippen LogP contribution in [0.4, 0.5) is 19.0 Å². The number of halogens is 3. The van der Waals surface area contributed by atoms with Gasteiger partial charge in [0.1, 0.15) is 17.4 Å². The molecule has 0 saturated carbocycles. The number of aryl methyl sites for hydroxylation is 1. The first-order chi connectivity index (χ1) is 15.3. The largest absolute Gasteiger partial charge is 0.496 e. The predicted octanol–water partition coefficient (Wildman–Crippen LogP) is 5.02. The average molecular weight is 463 g/mol. The third-order valence-electron chi connectivity index (χ3n) is 5.66. The molecule has 0 aliphatic carbocycles. The Morgan fingerprint density at radius 3 is 2.56 bits per heavy atom. The molecule has 0 spiro atoms. The van der Waals surface area contributed by atoms with Gasteiger partial charge in [-0.1, -0.05) is 20.1 Å². The van der Waals surface area contributed by atoms with Gasteiger partial charge in [-0.2, -0.15) is 13.2 Å². The Kier molecular flexibility index (Phi) is 6.54. The molecule has 2 aromatic carbocycles. The van der Waals surface area contributed by atoms with Crippen LogP contribution >= 0.6 is 7.92 Å². The maximum atomic E-state index is 13.3. The van der Waals surface area contributed by atoms with E-state index >= 15 is 0 Å². The molecule has 9 heteroatoms. The summed E-state index contributed by atoms with van der Waals surface area (Å²) in [4.78, 5) is 9.11. The van der Waals surface area contributed by atoms with E-state index in [1.165, 1.54) is 13.0 Å². The summed E-state index contributed by atoms with van der Waals surface area (Å²) in [5, 5.41) is 5.24. The van der Waals surface area contributed by atoms with Crippen LogP contribution in [0, 0.1) is 13.8 Å². The van der Waals surface area contributed by atoms with Gasteiger partial charge in [0, 0.05) is 23.3 Å². The molecule has 1 aromatic heterocycles. The summed E-state index contributed by atoms with van der Waals surface area (Å²) in [6.45, 7) is 4.99. The minimum Gasteiger partial charge on any atom is -0.496 e. The van der Waals surface area contributed by atoms with Crippen LogP contribution < -0.4 is 15.4 Å². The molecule has 0 radical (unpaired) electrons. The van der Waals surface area contributed by atoms with Crippen LogP contribution in [0.15, 0.2) is 30.3 Å². The minimum absolute atomic E-state index is 0.218. The van der Waals surface area contributed by atoms with Crippen LogP contribution in [-0.2, 0) is 17.5 Å². The predicted molar refractivity (Wildman–Crippen MR) is 121 cm³/mol. The van der Waals surface area contributed by atoms with Crippen LogP contribution in [0.25, 0.3) is 10.9 Å². The van der Waals surface area contributed by atoms with Crippen molar-refractivity contribution < 1.29 is 22.6 Å². The Balaban J connectivity index is 1.71. The van der Waals surface area contributed by atoms with E-state index in [9.17, 15) is 13.2 Å². The van der Waals surface area contributed by atoms with Gasteiger partial charge >= 0.3 is 6.18 Å². The first-order valence-corrected chi connectivity index (χ1v) is 12.1. The summed E-state index contributed by atoms with van der Waals surface area (Å²) < 4.78 is 51.0. The van der Waals surface area contributed by atoms with Crippen molar-refractivity contribution in [2.45, 2.75) is 26.6 Å². The number of aromatic nitrogens is 2. The highest BCUT2D eigenvalue weighted by Gasteiger charge is 2.32. The number of methoxy groups -OCH3 is 1. The first kappa shape index (κ1) is 22.7. The summed E-state index contributed by atoms with van der Waals surface area (Å²) in [6.07, 6.45) is -2.44. The number of benzene rings is 2. The van der Waals surface area contributed by atoms with Crippen molar-refractivity contribution in [2.24, 2.45) is 0 Å². The Morgan fingerprint density at radius 2 is 1.88 bits per heavy atom. The van der Waals surface area contributed by atoms with Gasteiger partial charge in [0.05, 0.1) is 31.4 Å². The van der Waals surface area contributed by atoms with E-state index in [0.29, 0.717) is 17.2 Å². The van der Waals surface area contributed by atoms with Crippen molar-refractivity contribution in [3.05, 3.63) is 52.8 Å². The highest BCUT2D eigenvalue weighted by atomic mass is 31.1. The highest BCUT2D eigenvalue weighted by Crippen LogP contribution is 2.41. The van der Waals surface area contributed by atoms with Crippen molar-refractivity contribution in [3.63, 3.8) is 0 Å². The van der Waals surface area contributed by atoms with Gasteiger partial charge in [-0.25, -0.2) is 9.97 Å². The molecule has 1 N–H and O–H groups in total. The van der Waals surface area contributed by atoms with Gasteiger partial charge in [0.25, 0.3) is 0 Å². The van der Waals surface area contributed by atoms with E-state index in [0.717, 1.165) is 53.6 Å². The second-order valence-corrected chi connectivity index (χ2v) is 10.2. The van der Waals surface area contributed by atoms with Crippen LogP contribution in [0.2, 0.25) is 0 Å². The Labute approximate surface area is 186 Å². The molecule has 0 bridgehead atoms. The van der Waals surface area contributed by atoms with E-state index in [-0.39, 0.29) is 12.1 Å². The third-order valence-corrected chi connectivity index (χ3v) is 8.13. The number of hydrogen-bond donors (Lipinski definition) is 1. The number of nitrogens with zero attached hydrogens (tertiary/aromatic N) is 2. The van der Waals surface area contributed by atoms with Crippen molar-refractivity contribution in [1.82, 2.24) is 9.97 Å². The molecule has 0 amide bonds. The summed E-state index contributed by atoms with van der Waals surface area (Å²) in [6, 6.07) is 8.25. The third kappa shape index (κ3) is 4.66. The van der Waals surface area contributed by atoms with Gasteiger partial charge in [0.15, 0.2) is 0 Å². The molecule has 3 aromatic rings. The quantitative estimate of drug-likeness (QED) is 0.539. The molecule has 1 saturated heterocycles. The fraction of sp³-hybridized carbons (Fsp3) is 0.391. The maximum absolute atomic E-state index is 13.3. The molecule has 1 aliphatic rings. The topological polar surface area (TPSA) is 56.3 Å². The minimum atomic E-state index is -4.38. The number of fused-ring (bicyclic) bond motifs is 1. The molecule has 5 nitrogen and oxygen atoms in total. The van der Waals surface area contributed by atoms with Crippen LogP contribution in [0.3, 0.4) is 0 Å². The maximum Gasteiger partial charge on any atom is 0.416 e. The lowest BCUT2D eigenvalue weighted by Gasteiger charge is -2.25. The number of ether oxygens (including phenoxy) is 2. The standard InChI is InChI=1S/C23H25F3N3O2P/c1-14-16(5-4-6-18(14)23(24,25)26)13-27-22-17-11-21(32-9-7-31-8-10-32)20(30-3)12-19(17)28-15(2)29-22/h4-6,11-12H,7-10,13H2,1-3H3,(H,27,28,29). The van der Waals surface area contributed by atoms with Crippen molar-refractivity contribution in [2.75, 3.05) is 38.0 Å². The Morgan fingerprint density at radius 1 is 1.12 bits per heavy atom. The number of anilines is 1. The molecule has 1 fully saturated rings. The zero-order valence-electron chi connectivity index (χ0n) is 18.2. The second-order valence-electron chi connectivity index (χ2n) is 7.70. The van der Waals surface area contributed by atoms with Gasteiger partial charge in [0.2, 0.25) is 0 Å². The molecule has 0 unspecified atom stereocenters. The number of nitrogens with one attached hydrogen (secondary N) is 1. The molecule has 170 valence electrons. The van der Waals surface area contributed by atoms with Crippen LogP contribution in [0.1, 0.15) is 22.5 Å². The fourth-order valence-corrected chi connectivity index (χ4v) is 6.16. The zero-order chi connectivity index (χ0) is 22.9. The van der Waals surface area contributed by atoms with Crippen molar-refractivity contribution in [1.29, 1.82) is 0 Å². The summed E-state index contributed by atoms with van der Waals surface area (Å²) in [7, 11) is 1.24. The summed E-state index contributed by atoms with van der Waals surface area (Å²) >= 11 is 0. The van der Waals surface area contributed by atoms with Gasteiger partial charge in [-0.15, -0.1) is 0 Å². The lowest BCUT2D eigenvalue weighted by atomic mass is 10.0. The molecule has 1 aliphatic heterocycles. The van der Waals surface area contributed by atoms with Crippen molar-refractivity contribution in [3.8, 4) is 5.75 Å². The average Bonchev–Trinajstić information content (AvgIpc) is 2.77. The fourth-order valence-electron chi connectivity index (χ4n) is 3.97. The smallest absolute Gasteiger partial charge is 0.416 e. The molecule has 2 heterocycles. The number of rotatable bonds is 5. The van der Waals surface area contributed by atoms with E-state index in [4.69, 9.17) is 9.47 Å². The van der Waals surface area contributed by atoms with Gasteiger partial charge in [-0.3, -0.25) is 0 Å².